The Balaban J connectivity index is 2.94. The first kappa shape index (κ1) is 8.55. The summed E-state index contributed by atoms with van der Waals surface area (Å²) in [6.45, 7) is 0. The highest BCUT2D eigenvalue weighted by atomic mass is 127. The molecule has 0 fully saturated rings. The minimum absolute atomic E-state index is 0.0705. The van der Waals surface area contributed by atoms with E-state index in [1.54, 1.807) is 6.07 Å². The van der Waals surface area contributed by atoms with Crippen LogP contribution in [0.5, 0.6) is 5.88 Å². The second-order valence-corrected chi connectivity index (χ2v) is 3.96. The number of aromatic amines is 1. The summed E-state index contributed by atoms with van der Waals surface area (Å²) in [7, 11) is 0. The van der Waals surface area contributed by atoms with Gasteiger partial charge in [-0.15, -0.1) is 0 Å². The first-order valence-electron chi connectivity index (χ1n) is 3.68. The summed E-state index contributed by atoms with van der Waals surface area (Å²) in [4.78, 5) is 13.3. The van der Waals surface area contributed by atoms with Crippen LogP contribution in [-0.4, -0.2) is 10.1 Å². The topological polar surface area (TPSA) is 53.1 Å². The van der Waals surface area contributed by atoms with E-state index in [2.05, 4.69) is 27.6 Å². The van der Waals surface area contributed by atoms with Crippen LogP contribution in [0.25, 0.3) is 10.8 Å². The fourth-order valence-corrected chi connectivity index (χ4v) is 1.75. The summed E-state index contributed by atoms with van der Waals surface area (Å²) in [6, 6.07) is 6.98. The fraction of sp³-hybridized carbons (Fsp3) is 0. The van der Waals surface area contributed by atoms with Gasteiger partial charge in [0.1, 0.15) is 0 Å². The average molecular weight is 287 g/mol. The molecular formula is C9H6INO2. The summed E-state index contributed by atoms with van der Waals surface area (Å²) in [5, 5.41) is 10.8. The third kappa shape index (κ3) is 1.53. The Labute approximate surface area is 87.6 Å². The third-order valence-electron chi connectivity index (χ3n) is 1.80. The van der Waals surface area contributed by atoms with Gasteiger partial charge in [-0.05, 0) is 46.2 Å². The number of rotatable bonds is 0. The lowest BCUT2D eigenvalue weighted by molar-refractivity contribution is 0.459. The number of pyridine rings is 1. The molecule has 0 spiro atoms. The van der Waals surface area contributed by atoms with Crippen LogP contribution >= 0.6 is 22.6 Å². The second kappa shape index (κ2) is 3.02. The fourth-order valence-electron chi connectivity index (χ4n) is 1.23. The van der Waals surface area contributed by atoms with Gasteiger partial charge in [-0.1, -0.05) is 0 Å². The zero-order valence-electron chi connectivity index (χ0n) is 6.54. The lowest BCUT2D eigenvalue weighted by Crippen LogP contribution is -2.02. The van der Waals surface area contributed by atoms with E-state index in [4.69, 9.17) is 0 Å². The summed E-state index contributed by atoms with van der Waals surface area (Å²) < 4.78 is 1.04. The Morgan fingerprint density at radius 2 is 2.08 bits per heavy atom. The van der Waals surface area contributed by atoms with Gasteiger partial charge >= 0.3 is 0 Å². The van der Waals surface area contributed by atoms with E-state index in [1.807, 2.05) is 12.1 Å². The molecule has 0 saturated carbocycles. The molecule has 66 valence electrons. The van der Waals surface area contributed by atoms with Gasteiger partial charge in [0.25, 0.3) is 5.56 Å². The molecule has 4 heteroatoms. The van der Waals surface area contributed by atoms with Crippen molar-refractivity contribution in [3.05, 3.63) is 38.2 Å². The number of aromatic nitrogens is 1. The van der Waals surface area contributed by atoms with Crippen molar-refractivity contribution in [2.24, 2.45) is 0 Å². The van der Waals surface area contributed by atoms with Crippen molar-refractivity contribution >= 4 is 33.4 Å². The predicted octanol–water partition coefficient (Wildman–Crippen LogP) is 1.84. The van der Waals surface area contributed by atoms with Gasteiger partial charge in [-0.2, -0.15) is 0 Å². The van der Waals surface area contributed by atoms with E-state index in [9.17, 15) is 9.90 Å². The van der Waals surface area contributed by atoms with Crippen LogP contribution in [0.15, 0.2) is 29.1 Å². The molecule has 0 saturated heterocycles. The molecule has 0 amide bonds. The Morgan fingerprint density at radius 3 is 2.85 bits per heavy atom. The number of benzene rings is 1. The molecule has 1 aromatic heterocycles. The molecule has 0 aliphatic rings. The maximum absolute atomic E-state index is 11.0. The highest BCUT2D eigenvalue weighted by Gasteiger charge is 2.01. The lowest BCUT2D eigenvalue weighted by Gasteiger charge is -1.99. The average Bonchev–Trinajstić information content (AvgIpc) is 2.02. The number of fused-ring (bicyclic) bond motifs is 1. The van der Waals surface area contributed by atoms with Crippen molar-refractivity contribution in [2.45, 2.75) is 0 Å². The molecular weight excluding hydrogens is 281 g/mol. The number of hydrogen-bond donors (Lipinski definition) is 2. The second-order valence-electron chi connectivity index (χ2n) is 2.71. The first-order valence-corrected chi connectivity index (χ1v) is 4.76. The van der Waals surface area contributed by atoms with Gasteiger partial charge in [0.15, 0.2) is 5.88 Å². The highest BCUT2D eigenvalue weighted by Crippen LogP contribution is 2.21. The first-order chi connectivity index (χ1) is 6.16. The smallest absolute Gasteiger partial charge is 0.251 e. The van der Waals surface area contributed by atoms with Crippen molar-refractivity contribution < 1.29 is 5.11 Å². The molecule has 13 heavy (non-hydrogen) atoms. The zero-order valence-corrected chi connectivity index (χ0v) is 8.70. The number of nitrogens with one attached hydrogen (secondary N) is 1. The van der Waals surface area contributed by atoms with Gasteiger partial charge in [-0.3, -0.25) is 9.78 Å². The largest absolute Gasteiger partial charge is 0.494 e. The molecule has 2 N–H and O–H groups in total. The molecule has 0 radical (unpaired) electrons. The summed E-state index contributed by atoms with van der Waals surface area (Å²) in [5.74, 6) is -0.0705. The van der Waals surface area contributed by atoms with E-state index < -0.39 is 0 Å². The quantitative estimate of drug-likeness (QED) is 0.726. The molecule has 0 bridgehead atoms. The number of H-pyrrole nitrogens is 1. The number of hydrogen-bond acceptors (Lipinski definition) is 2. The molecule has 0 unspecified atom stereocenters. The van der Waals surface area contributed by atoms with E-state index in [1.165, 1.54) is 6.07 Å². The summed E-state index contributed by atoms with van der Waals surface area (Å²) >= 11 is 2.16. The van der Waals surface area contributed by atoms with Gasteiger partial charge in [0.05, 0.1) is 0 Å². The van der Waals surface area contributed by atoms with Crippen molar-refractivity contribution in [3.63, 3.8) is 0 Å². The minimum Gasteiger partial charge on any atom is -0.494 e. The summed E-state index contributed by atoms with van der Waals surface area (Å²) in [5.41, 5.74) is -0.285. The Bertz CT molecular complexity index is 518. The van der Waals surface area contributed by atoms with Crippen molar-refractivity contribution in [2.75, 3.05) is 0 Å². The monoisotopic (exact) mass is 287 g/mol. The molecule has 2 rings (SSSR count). The van der Waals surface area contributed by atoms with Gasteiger partial charge in [0, 0.05) is 15.0 Å². The Hall–Kier alpha value is -1.04. The molecule has 1 heterocycles. The van der Waals surface area contributed by atoms with E-state index in [-0.39, 0.29) is 11.4 Å². The SMILES string of the molecule is O=c1cc2cc(I)ccc2c(O)[nH]1. The molecule has 0 aliphatic carbocycles. The van der Waals surface area contributed by atoms with Crippen molar-refractivity contribution in [1.29, 1.82) is 0 Å². The molecule has 0 aliphatic heterocycles. The maximum Gasteiger partial charge on any atom is 0.251 e. The molecule has 3 nitrogen and oxygen atoms in total. The van der Waals surface area contributed by atoms with E-state index in [0.29, 0.717) is 5.39 Å². The van der Waals surface area contributed by atoms with Crippen LogP contribution in [0, 0.1) is 3.57 Å². The zero-order chi connectivity index (χ0) is 9.42. The van der Waals surface area contributed by atoms with E-state index in [0.717, 1.165) is 8.96 Å². The van der Waals surface area contributed by atoms with Crippen molar-refractivity contribution in [3.8, 4) is 5.88 Å². The molecule has 1 aromatic carbocycles. The molecule has 0 atom stereocenters. The van der Waals surface area contributed by atoms with Crippen LogP contribution < -0.4 is 5.56 Å². The van der Waals surface area contributed by atoms with Gasteiger partial charge in [0.2, 0.25) is 0 Å². The van der Waals surface area contributed by atoms with Crippen LogP contribution in [0.1, 0.15) is 0 Å². The lowest BCUT2D eigenvalue weighted by atomic mass is 10.2. The Kier molecular flexibility index (Phi) is 1.99. The Morgan fingerprint density at radius 1 is 1.31 bits per heavy atom. The highest BCUT2D eigenvalue weighted by molar-refractivity contribution is 14.1. The maximum atomic E-state index is 11.0. The van der Waals surface area contributed by atoms with E-state index >= 15 is 0 Å². The predicted molar refractivity (Wildman–Crippen MR) is 59.0 cm³/mol. The van der Waals surface area contributed by atoms with Crippen LogP contribution in [0.2, 0.25) is 0 Å². The van der Waals surface area contributed by atoms with Crippen LogP contribution in [0.4, 0.5) is 0 Å². The normalized spacial score (nSPS) is 10.5. The van der Waals surface area contributed by atoms with Gasteiger partial charge in [-0.25, -0.2) is 0 Å². The number of halogens is 1. The summed E-state index contributed by atoms with van der Waals surface area (Å²) in [6.07, 6.45) is 0. The minimum atomic E-state index is -0.285. The van der Waals surface area contributed by atoms with Crippen LogP contribution in [0.3, 0.4) is 0 Å². The van der Waals surface area contributed by atoms with Crippen LogP contribution in [-0.2, 0) is 0 Å². The third-order valence-corrected chi connectivity index (χ3v) is 2.47. The van der Waals surface area contributed by atoms with Crippen molar-refractivity contribution in [1.82, 2.24) is 4.98 Å². The standard InChI is InChI=1S/C9H6INO2/c10-6-1-2-7-5(3-6)4-8(12)11-9(7)13/h1-4H,(H2,11,12,13). The number of aromatic hydroxyl groups is 1. The molecule has 2 aromatic rings. The van der Waals surface area contributed by atoms with Gasteiger partial charge < -0.3 is 5.11 Å².